The maximum absolute atomic E-state index is 12.5. The summed E-state index contributed by atoms with van der Waals surface area (Å²) in [6.07, 6.45) is 4.74. The van der Waals surface area contributed by atoms with Crippen LogP contribution in [0.1, 0.15) is 37.7 Å². The highest BCUT2D eigenvalue weighted by atomic mass is 35.5. The van der Waals surface area contributed by atoms with Crippen molar-refractivity contribution in [2.45, 2.75) is 37.5 Å². The summed E-state index contributed by atoms with van der Waals surface area (Å²) in [5, 5.41) is 3.88. The lowest BCUT2D eigenvalue weighted by molar-refractivity contribution is -0.126. The van der Waals surface area contributed by atoms with Crippen LogP contribution in [-0.2, 0) is 10.2 Å². The van der Waals surface area contributed by atoms with Gasteiger partial charge < -0.3 is 16.0 Å². The van der Waals surface area contributed by atoms with Crippen LogP contribution in [0.4, 0.5) is 4.79 Å². The molecular formula is C18H24ClN3O2. The summed E-state index contributed by atoms with van der Waals surface area (Å²) in [7, 11) is 0. The second-order valence-corrected chi connectivity index (χ2v) is 7.39. The third-order valence-corrected chi connectivity index (χ3v) is 5.80. The number of hydrogen-bond donors (Lipinski definition) is 2. The molecule has 3 amide bonds. The first kappa shape index (κ1) is 17.1. The topological polar surface area (TPSA) is 75.4 Å². The van der Waals surface area contributed by atoms with Crippen molar-refractivity contribution in [3.05, 3.63) is 34.9 Å². The Bertz CT molecular complexity index is 605. The number of rotatable bonds is 4. The van der Waals surface area contributed by atoms with Crippen molar-refractivity contribution in [3.63, 3.8) is 0 Å². The van der Waals surface area contributed by atoms with E-state index in [2.05, 4.69) is 17.4 Å². The quantitative estimate of drug-likeness (QED) is 0.876. The molecule has 3 N–H and O–H groups in total. The Balaban J connectivity index is 1.55. The summed E-state index contributed by atoms with van der Waals surface area (Å²) < 4.78 is 0. The molecule has 0 radical (unpaired) electrons. The van der Waals surface area contributed by atoms with Crippen molar-refractivity contribution in [1.29, 1.82) is 0 Å². The van der Waals surface area contributed by atoms with Gasteiger partial charge in [0.2, 0.25) is 5.91 Å². The van der Waals surface area contributed by atoms with Gasteiger partial charge in [0.1, 0.15) is 0 Å². The predicted octanol–water partition coefficient (Wildman–Crippen LogP) is 2.67. The molecule has 2 fully saturated rings. The lowest BCUT2D eigenvalue weighted by Crippen LogP contribution is -2.49. The van der Waals surface area contributed by atoms with Gasteiger partial charge in [-0.15, -0.1) is 0 Å². The fourth-order valence-electron chi connectivity index (χ4n) is 3.74. The van der Waals surface area contributed by atoms with Crippen LogP contribution < -0.4 is 11.1 Å². The Labute approximate surface area is 147 Å². The van der Waals surface area contributed by atoms with Gasteiger partial charge >= 0.3 is 6.03 Å². The predicted molar refractivity (Wildman–Crippen MR) is 93.9 cm³/mol. The number of halogens is 1. The standard InChI is InChI=1S/C18H24ClN3O2/c19-15-4-2-14(3-5-15)18(8-1-9-18)12-21-16(23)13-6-10-22(11-7-13)17(20)24/h2-5,13H,1,6-12H2,(H2,20,24)(H,21,23). The zero-order valence-corrected chi connectivity index (χ0v) is 14.5. The molecule has 1 saturated heterocycles. The molecule has 1 aromatic carbocycles. The van der Waals surface area contributed by atoms with Gasteiger partial charge in [0.15, 0.2) is 0 Å². The maximum atomic E-state index is 12.5. The van der Waals surface area contributed by atoms with E-state index in [0.29, 0.717) is 32.5 Å². The molecule has 3 rings (SSSR count). The molecular weight excluding hydrogens is 326 g/mol. The van der Waals surface area contributed by atoms with Crippen molar-refractivity contribution in [2.24, 2.45) is 11.7 Å². The van der Waals surface area contributed by atoms with Crippen LogP contribution in [0.2, 0.25) is 5.02 Å². The van der Waals surface area contributed by atoms with Gasteiger partial charge in [-0.1, -0.05) is 30.2 Å². The summed E-state index contributed by atoms with van der Waals surface area (Å²) in [4.78, 5) is 25.2. The van der Waals surface area contributed by atoms with Crippen molar-refractivity contribution in [1.82, 2.24) is 10.2 Å². The molecule has 1 aliphatic carbocycles. The average molecular weight is 350 g/mol. The minimum atomic E-state index is -0.398. The fourth-order valence-corrected chi connectivity index (χ4v) is 3.86. The van der Waals surface area contributed by atoms with Gasteiger partial charge in [-0.2, -0.15) is 0 Å². The Morgan fingerprint density at radius 1 is 1.21 bits per heavy atom. The SMILES string of the molecule is NC(=O)N1CCC(C(=O)NCC2(c3ccc(Cl)cc3)CCC2)CC1. The number of carbonyl (C=O) groups is 2. The molecule has 5 nitrogen and oxygen atoms in total. The van der Waals surface area contributed by atoms with Gasteiger partial charge in [-0.25, -0.2) is 4.79 Å². The Hall–Kier alpha value is -1.75. The van der Waals surface area contributed by atoms with E-state index in [1.54, 1.807) is 4.90 Å². The first-order valence-electron chi connectivity index (χ1n) is 8.58. The van der Waals surface area contributed by atoms with E-state index in [1.807, 2.05) is 12.1 Å². The number of amides is 3. The van der Waals surface area contributed by atoms with Crippen LogP contribution in [0.15, 0.2) is 24.3 Å². The number of hydrogen-bond acceptors (Lipinski definition) is 2. The molecule has 1 saturated carbocycles. The van der Waals surface area contributed by atoms with Crippen molar-refractivity contribution in [2.75, 3.05) is 19.6 Å². The van der Waals surface area contributed by atoms with Crippen LogP contribution >= 0.6 is 11.6 Å². The van der Waals surface area contributed by atoms with Gasteiger partial charge in [-0.3, -0.25) is 4.79 Å². The van der Waals surface area contributed by atoms with E-state index in [1.165, 1.54) is 12.0 Å². The van der Waals surface area contributed by atoms with E-state index < -0.39 is 6.03 Å². The monoisotopic (exact) mass is 349 g/mol. The number of piperidine rings is 1. The summed E-state index contributed by atoms with van der Waals surface area (Å²) >= 11 is 5.98. The number of benzene rings is 1. The van der Waals surface area contributed by atoms with E-state index in [-0.39, 0.29) is 17.2 Å². The van der Waals surface area contributed by atoms with E-state index in [4.69, 9.17) is 17.3 Å². The van der Waals surface area contributed by atoms with Gasteiger partial charge in [-0.05, 0) is 43.4 Å². The second kappa shape index (κ2) is 7.01. The molecule has 0 spiro atoms. The number of carbonyl (C=O) groups excluding carboxylic acids is 2. The minimum absolute atomic E-state index is 0.0251. The number of likely N-dealkylation sites (tertiary alicyclic amines) is 1. The van der Waals surface area contributed by atoms with Crippen molar-refractivity contribution >= 4 is 23.5 Å². The van der Waals surface area contributed by atoms with Crippen molar-refractivity contribution in [3.8, 4) is 0 Å². The number of primary amides is 1. The molecule has 1 heterocycles. The summed E-state index contributed by atoms with van der Waals surface area (Å²) in [5.41, 5.74) is 6.58. The number of nitrogens with one attached hydrogen (secondary N) is 1. The molecule has 6 heteroatoms. The number of nitrogens with two attached hydrogens (primary N) is 1. The Morgan fingerprint density at radius 2 is 1.83 bits per heavy atom. The highest BCUT2D eigenvalue weighted by Crippen LogP contribution is 2.43. The van der Waals surface area contributed by atoms with E-state index in [0.717, 1.165) is 17.9 Å². The molecule has 1 aliphatic heterocycles. The molecule has 0 bridgehead atoms. The second-order valence-electron chi connectivity index (χ2n) is 6.96. The first-order chi connectivity index (χ1) is 11.5. The highest BCUT2D eigenvalue weighted by Gasteiger charge is 2.39. The van der Waals surface area contributed by atoms with Crippen LogP contribution in [-0.4, -0.2) is 36.5 Å². The summed E-state index contributed by atoms with van der Waals surface area (Å²) in [6.45, 7) is 1.80. The zero-order chi connectivity index (χ0) is 17.2. The molecule has 2 aliphatic rings. The Morgan fingerprint density at radius 3 is 2.33 bits per heavy atom. The summed E-state index contributed by atoms with van der Waals surface area (Å²) in [5.74, 6) is 0.0716. The third kappa shape index (κ3) is 3.51. The van der Waals surface area contributed by atoms with Crippen LogP contribution in [0.3, 0.4) is 0 Å². The first-order valence-corrected chi connectivity index (χ1v) is 8.96. The average Bonchev–Trinajstić information content (AvgIpc) is 2.55. The van der Waals surface area contributed by atoms with E-state index in [9.17, 15) is 9.59 Å². The number of nitrogens with zero attached hydrogens (tertiary/aromatic N) is 1. The fraction of sp³-hybridized carbons (Fsp3) is 0.556. The molecule has 0 atom stereocenters. The van der Waals surface area contributed by atoms with Crippen LogP contribution in [0, 0.1) is 5.92 Å². The molecule has 130 valence electrons. The molecule has 24 heavy (non-hydrogen) atoms. The lowest BCUT2D eigenvalue weighted by Gasteiger charge is -2.43. The maximum Gasteiger partial charge on any atom is 0.314 e. The van der Waals surface area contributed by atoms with Crippen molar-refractivity contribution < 1.29 is 9.59 Å². The Kier molecular flexibility index (Phi) is 4.99. The normalized spacial score (nSPS) is 20.3. The van der Waals surface area contributed by atoms with Gasteiger partial charge in [0.05, 0.1) is 0 Å². The smallest absolute Gasteiger partial charge is 0.314 e. The van der Waals surface area contributed by atoms with E-state index >= 15 is 0 Å². The van der Waals surface area contributed by atoms with Crippen LogP contribution in [0.25, 0.3) is 0 Å². The lowest BCUT2D eigenvalue weighted by atomic mass is 9.64. The highest BCUT2D eigenvalue weighted by molar-refractivity contribution is 6.30. The minimum Gasteiger partial charge on any atom is -0.355 e. The molecule has 1 aromatic rings. The molecule has 0 aromatic heterocycles. The van der Waals surface area contributed by atoms with Crippen LogP contribution in [0.5, 0.6) is 0 Å². The molecule has 0 unspecified atom stereocenters. The largest absolute Gasteiger partial charge is 0.355 e. The number of urea groups is 1. The summed E-state index contributed by atoms with van der Waals surface area (Å²) in [6, 6.07) is 7.57. The van der Waals surface area contributed by atoms with Gasteiger partial charge in [0, 0.05) is 36.0 Å². The third-order valence-electron chi connectivity index (χ3n) is 5.55. The zero-order valence-electron chi connectivity index (χ0n) is 13.8. The van der Waals surface area contributed by atoms with Gasteiger partial charge in [0.25, 0.3) is 0 Å².